The van der Waals surface area contributed by atoms with Gasteiger partial charge in [-0.25, -0.2) is 0 Å². The molecule has 6 heteroatoms. The average molecular weight is 378 g/mol. The van der Waals surface area contributed by atoms with Crippen LogP contribution in [0.25, 0.3) is 11.4 Å². The molecule has 1 heterocycles. The van der Waals surface area contributed by atoms with Gasteiger partial charge in [0.25, 0.3) is 0 Å². The molecule has 0 unspecified atom stereocenters. The summed E-state index contributed by atoms with van der Waals surface area (Å²) >= 11 is 6.44. The molecule has 26 heavy (non-hydrogen) atoms. The Labute approximate surface area is 158 Å². The van der Waals surface area contributed by atoms with Gasteiger partial charge in [-0.2, -0.15) is 0 Å². The smallest absolute Gasteiger partial charge is 0.165 e. The van der Waals surface area contributed by atoms with Gasteiger partial charge >= 0.3 is 0 Å². The molecule has 3 saturated carbocycles. The Morgan fingerprint density at radius 3 is 2.42 bits per heavy atom. The van der Waals surface area contributed by atoms with Gasteiger partial charge in [0.2, 0.25) is 0 Å². The summed E-state index contributed by atoms with van der Waals surface area (Å²) < 4.78 is 20.3. The van der Waals surface area contributed by atoms with E-state index in [4.69, 9.17) is 16.3 Å². The zero-order valence-corrected chi connectivity index (χ0v) is 16.2. The van der Waals surface area contributed by atoms with Gasteiger partial charge in [-0.15, -0.1) is 10.2 Å². The lowest BCUT2D eigenvalue weighted by Crippen LogP contribution is -2.45. The van der Waals surface area contributed by atoms with Crippen molar-refractivity contribution in [1.29, 1.82) is 0 Å². The quantitative estimate of drug-likeness (QED) is 0.728. The summed E-state index contributed by atoms with van der Waals surface area (Å²) in [7, 11) is 3.65. The van der Waals surface area contributed by atoms with Crippen LogP contribution in [0.2, 0.25) is 5.02 Å². The highest BCUT2D eigenvalue weighted by atomic mass is 35.5. The summed E-state index contributed by atoms with van der Waals surface area (Å²) in [5, 5.41) is 9.66. The van der Waals surface area contributed by atoms with Crippen LogP contribution in [0.5, 0.6) is 5.75 Å². The Balaban J connectivity index is 1.65. The maximum atomic E-state index is 12.9. The number of benzene rings is 1. The molecule has 3 aliphatic carbocycles. The number of methoxy groups -OCH3 is 1. The topological polar surface area (TPSA) is 39.9 Å². The zero-order chi connectivity index (χ0) is 18.4. The van der Waals surface area contributed by atoms with Crippen LogP contribution in [-0.2, 0) is 12.5 Å². The van der Waals surface area contributed by atoms with Crippen LogP contribution in [0.3, 0.4) is 0 Å². The van der Waals surface area contributed by atoms with Crippen LogP contribution in [-0.4, -0.2) is 28.5 Å². The van der Waals surface area contributed by atoms with E-state index in [1.54, 1.807) is 13.2 Å². The minimum absolute atomic E-state index is 0.0804. The van der Waals surface area contributed by atoms with Crippen molar-refractivity contribution in [3.63, 3.8) is 0 Å². The van der Waals surface area contributed by atoms with E-state index in [1.807, 2.05) is 19.2 Å². The third-order valence-electron chi connectivity index (χ3n) is 6.79. The van der Waals surface area contributed by atoms with E-state index >= 15 is 0 Å². The van der Waals surface area contributed by atoms with Crippen LogP contribution < -0.4 is 4.74 Å². The van der Waals surface area contributed by atoms with Crippen LogP contribution >= 0.6 is 11.6 Å². The number of aromatic nitrogens is 3. The van der Waals surface area contributed by atoms with Gasteiger partial charge in [-0.1, -0.05) is 11.6 Å². The predicted molar refractivity (Wildman–Crippen MR) is 100 cm³/mol. The van der Waals surface area contributed by atoms with E-state index in [2.05, 4.69) is 14.8 Å². The number of ether oxygens (including phenoxy) is 1. The average Bonchev–Trinajstić information content (AvgIpc) is 3.05. The number of fused-ring (bicyclic) bond motifs is 3. The first-order valence-corrected chi connectivity index (χ1v) is 9.70. The second-order valence-electron chi connectivity index (χ2n) is 7.97. The molecule has 3 aliphatic rings. The van der Waals surface area contributed by atoms with Gasteiger partial charge in [0.15, 0.2) is 5.82 Å². The highest BCUT2D eigenvalue weighted by Gasteiger charge is 2.51. The molecule has 140 valence electrons. The molecule has 0 amide bonds. The number of hydrogen-bond donors (Lipinski definition) is 0. The Morgan fingerprint density at radius 2 is 1.85 bits per heavy atom. The normalized spacial score (nSPS) is 27.7. The first-order valence-electron chi connectivity index (χ1n) is 9.32. The van der Waals surface area contributed by atoms with Gasteiger partial charge < -0.3 is 9.30 Å². The van der Waals surface area contributed by atoms with Crippen molar-refractivity contribution in [2.75, 3.05) is 13.8 Å². The van der Waals surface area contributed by atoms with E-state index in [9.17, 15) is 4.39 Å². The number of hydrogen-bond acceptors (Lipinski definition) is 3. The highest BCUT2D eigenvalue weighted by molar-refractivity contribution is 6.33. The van der Waals surface area contributed by atoms with Crippen LogP contribution in [0, 0.1) is 5.41 Å². The number of alkyl halides is 1. The molecule has 1 aromatic carbocycles. The van der Waals surface area contributed by atoms with E-state index in [-0.39, 0.29) is 17.5 Å². The molecule has 0 atom stereocenters. The number of halogens is 2. The summed E-state index contributed by atoms with van der Waals surface area (Å²) in [5.74, 6) is 2.56. The number of rotatable bonds is 5. The van der Waals surface area contributed by atoms with Gasteiger partial charge in [0.1, 0.15) is 11.6 Å². The highest BCUT2D eigenvalue weighted by Crippen LogP contribution is 2.58. The first kappa shape index (κ1) is 17.8. The van der Waals surface area contributed by atoms with Crippen molar-refractivity contribution < 1.29 is 9.13 Å². The van der Waals surface area contributed by atoms with Crippen LogP contribution in [0.4, 0.5) is 4.39 Å². The Hall–Kier alpha value is -1.62. The van der Waals surface area contributed by atoms with E-state index in [0.717, 1.165) is 61.5 Å². The van der Waals surface area contributed by atoms with E-state index in [0.29, 0.717) is 11.4 Å². The fourth-order valence-electron chi connectivity index (χ4n) is 5.00. The lowest BCUT2D eigenvalue weighted by Gasteiger charge is -2.52. The molecule has 2 bridgehead atoms. The predicted octanol–water partition coefficient (Wildman–Crippen LogP) is 5.10. The maximum absolute atomic E-state index is 12.9. The minimum Gasteiger partial charge on any atom is -0.497 e. The minimum atomic E-state index is -0.197. The van der Waals surface area contributed by atoms with Gasteiger partial charge in [0, 0.05) is 18.0 Å². The second kappa shape index (κ2) is 6.52. The van der Waals surface area contributed by atoms with Gasteiger partial charge in [-0.05, 0) is 68.6 Å². The summed E-state index contributed by atoms with van der Waals surface area (Å²) in [6.07, 6.45) is 7.25. The fraction of sp³-hybridized carbons (Fsp3) is 0.600. The lowest BCUT2D eigenvalue weighted by atomic mass is 9.52. The maximum Gasteiger partial charge on any atom is 0.165 e. The first-order chi connectivity index (χ1) is 12.5. The molecule has 4 nitrogen and oxygen atoms in total. The number of nitrogens with zero attached hydrogens (tertiary/aromatic N) is 3. The summed E-state index contributed by atoms with van der Waals surface area (Å²) in [5.41, 5.74) is 1.18. The summed E-state index contributed by atoms with van der Waals surface area (Å²) in [6.45, 7) is -0.197. The second-order valence-corrected chi connectivity index (χ2v) is 8.38. The van der Waals surface area contributed by atoms with Crippen molar-refractivity contribution in [2.45, 2.75) is 50.4 Å². The van der Waals surface area contributed by atoms with Crippen molar-refractivity contribution in [3.8, 4) is 17.1 Å². The van der Waals surface area contributed by atoms with E-state index in [1.165, 1.54) is 0 Å². The molecule has 2 aromatic rings. The lowest BCUT2D eigenvalue weighted by molar-refractivity contribution is 0.0221. The van der Waals surface area contributed by atoms with Crippen molar-refractivity contribution in [3.05, 3.63) is 29.0 Å². The van der Waals surface area contributed by atoms with Crippen molar-refractivity contribution >= 4 is 11.6 Å². The third kappa shape index (κ3) is 2.72. The summed E-state index contributed by atoms with van der Waals surface area (Å²) in [6, 6.07) is 5.62. The molecule has 0 saturated heterocycles. The third-order valence-corrected chi connectivity index (χ3v) is 7.11. The van der Waals surface area contributed by atoms with E-state index < -0.39 is 0 Å². The monoisotopic (exact) mass is 377 g/mol. The molecular formula is C20H25ClFN3O. The fourth-order valence-corrected chi connectivity index (χ4v) is 5.26. The van der Waals surface area contributed by atoms with Gasteiger partial charge in [0.05, 0.1) is 18.8 Å². The SMILES string of the molecule is COc1ccc(-c2nnc(C34CCC(CCF)(CC3)CC4)n2C)c(Cl)c1. The molecule has 3 fully saturated rings. The zero-order valence-electron chi connectivity index (χ0n) is 15.4. The van der Waals surface area contributed by atoms with Gasteiger partial charge in [-0.3, -0.25) is 4.39 Å². The largest absolute Gasteiger partial charge is 0.497 e. The molecule has 5 rings (SSSR count). The van der Waals surface area contributed by atoms with Crippen molar-refractivity contribution in [2.24, 2.45) is 12.5 Å². The molecule has 0 spiro atoms. The molecule has 0 aliphatic heterocycles. The molecule has 0 radical (unpaired) electrons. The molecule has 1 aromatic heterocycles. The van der Waals surface area contributed by atoms with Crippen LogP contribution in [0.15, 0.2) is 18.2 Å². The molecule has 0 N–H and O–H groups in total. The Morgan fingerprint density at radius 1 is 1.15 bits per heavy atom. The van der Waals surface area contributed by atoms with Crippen LogP contribution in [0.1, 0.15) is 50.8 Å². The summed E-state index contributed by atoms with van der Waals surface area (Å²) in [4.78, 5) is 0. The van der Waals surface area contributed by atoms with Crippen molar-refractivity contribution in [1.82, 2.24) is 14.8 Å². The Kier molecular flexibility index (Phi) is 4.46. The molecular weight excluding hydrogens is 353 g/mol. The standard InChI is InChI=1S/C20H25ClFN3O/c1-25-17(15-4-3-14(26-2)13-16(15)21)23-24-18(25)20-8-5-19(6-9-20,7-10-20)11-12-22/h3-4,13H,5-12H2,1-2H3. The Bertz CT molecular complexity index is 795.